The summed E-state index contributed by atoms with van der Waals surface area (Å²) in [6.45, 7) is 3.60. The van der Waals surface area contributed by atoms with Gasteiger partial charge in [-0.25, -0.2) is 4.79 Å². The number of hydrogen-bond donors (Lipinski definition) is 1. The Balaban J connectivity index is 1.73. The van der Waals surface area contributed by atoms with E-state index < -0.39 is 18.0 Å². The Morgan fingerprint density at radius 1 is 1.19 bits per heavy atom. The van der Waals surface area contributed by atoms with Gasteiger partial charge in [-0.15, -0.1) is 11.3 Å². The molecule has 1 unspecified atom stereocenters. The van der Waals surface area contributed by atoms with Gasteiger partial charge in [-0.3, -0.25) is 9.59 Å². The van der Waals surface area contributed by atoms with E-state index >= 15 is 0 Å². The van der Waals surface area contributed by atoms with Crippen molar-refractivity contribution in [3.8, 4) is 0 Å². The zero-order valence-corrected chi connectivity index (χ0v) is 16.1. The molecule has 1 atom stereocenters. The number of carbonyl (C=O) groups is 3. The highest BCUT2D eigenvalue weighted by Crippen LogP contribution is 2.38. The van der Waals surface area contributed by atoms with Crippen molar-refractivity contribution in [2.24, 2.45) is 5.92 Å². The topological polar surface area (TPSA) is 81.7 Å². The summed E-state index contributed by atoms with van der Waals surface area (Å²) in [5, 5.41) is 3.30. The van der Waals surface area contributed by atoms with Crippen molar-refractivity contribution in [3.05, 3.63) is 16.0 Å². The van der Waals surface area contributed by atoms with E-state index in [1.54, 1.807) is 13.8 Å². The van der Waals surface area contributed by atoms with Crippen LogP contribution in [0.1, 0.15) is 66.8 Å². The van der Waals surface area contributed by atoms with E-state index in [-0.39, 0.29) is 18.5 Å². The Hall–Kier alpha value is -1.89. The lowest BCUT2D eigenvalue weighted by Crippen LogP contribution is -2.34. The first-order valence-corrected chi connectivity index (χ1v) is 10.2. The van der Waals surface area contributed by atoms with E-state index in [0.29, 0.717) is 10.6 Å². The van der Waals surface area contributed by atoms with Crippen LogP contribution in [0.4, 0.5) is 5.00 Å². The van der Waals surface area contributed by atoms with Gasteiger partial charge in [-0.1, -0.05) is 6.42 Å². The molecule has 0 saturated heterocycles. The van der Waals surface area contributed by atoms with Crippen LogP contribution in [-0.4, -0.2) is 30.6 Å². The molecule has 0 spiro atoms. The summed E-state index contributed by atoms with van der Waals surface area (Å²) in [5.41, 5.74) is 1.46. The van der Waals surface area contributed by atoms with Crippen molar-refractivity contribution in [2.45, 2.75) is 64.9 Å². The number of ether oxygens (including phenoxy) is 2. The molecule has 1 amide bonds. The van der Waals surface area contributed by atoms with Crippen molar-refractivity contribution >= 4 is 34.2 Å². The number of thiophene rings is 1. The van der Waals surface area contributed by atoms with Crippen LogP contribution in [0.2, 0.25) is 0 Å². The molecule has 26 heavy (non-hydrogen) atoms. The van der Waals surface area contributed by atoms with E-state index in [4.69, 9.17) is 9.47 Å². The minimum atomic E-state index is -0.891. The van der Waals surface area contributed by atoms with Crippen LogP contribution in [-0.2, 0) is 31.9 Å². The van der Waals surface area contributed by atoms with Crippen LogP contribution in [0.15, 0.2) is 0 Å². The Kier molecular flexibility index (Phi) is 5.96. The number of rotatable bonds is 6. The quantitative estimate of drug-likeness (QED) is 0.766. The van der Waals surface area contributed by atoms with Crippen molar-refractivity contribution in [1.82, 2.24) is 0 Å². The fraction of sp³-hybridized carbons (Fsp3) is 0.632. The monoisotopic (exact) mass is 379 g/mol. The number of aryl methyl sites for hydroxylation is 1. The third-order valence-corrected chi connectivity index (χ3v) is 6.20. The lowest BCUT2D eigenvalue weighted by Gasteiger charge is -2.24. The van der Waals surface area contributed by atoms with Gasteiger partial charge >= 0.3 is 11.9 Å². The van der Waals surface area contributed by atoms with Crippen molar-refractivity contribution < 1.29 is 23.9 Å². The number of nitrogens with one attached hydrogen (secondary N) is 1. The summed E-state index contributed by atoms with van der Waals surface area (Å²) in [5.74, 6) is -1.20. The molecular formula is C19H25NO5S. The van der Waals surface area contributed by atoms with Crippen LogP contribution in [0.3, 0.4) is 0 Å². The molecule has 3 rings (SSSR count). The van der Waals surface area contributed by atoms with Crippen molar-refractivity contribution in [2.75, 3.05) is 11.9 Å². The van der Waals surface area contributed by atoms with Gasteiger partial charge in [0.15, 0.2) is 6.10 Å². The van der Waals surface area contributed by atoms with E-state index in [1.807, 2.05) is 0 Å². The molecule has 6 nitrogen and oxygen atoms in total. The summed E-state index contributed by atoms with van der Waals surface area (Å²) < 4.78 is 10.5. The molecule has 1 aromatic rings. The van der Waals surface area contributed by atoms with Gasteiger partial charge in [0.1, 0.15) is 5.00 Å². The second kappa shape index (κ2) is 8.20. The number of carbonyl (C=O) groups excluding carboxylic acids is 3. The molecule has 2 aliphatic rings. The van der Waals surface area contributed by atoms with Crippen LogP contribution in [0.25, 0.3) is 0 Å². The molecule has 1 heterocycles. The van der Waals surface area contributed by atoms with E-state index in [0.717, 1.165) is 55.4 Å². The predicted octanol–water partition coefficient (Wildman–Crippen LogP) is 3.47. The molecule has 1 aromatic heterocycles. The highest BCUT2D eigenvalue weighted by atomic mass is 32.1. The zero-order valence-electron chi connectivity index (χ0n) is 15.3. The minimum absolute atomic E-state index is 0.0746. The molecule has 0 aliphatic heterocycles. The fourth-order valence-electron chi connectivity index (χ4n) is 3.25. The fourth-order valence-corrected chi connectivity index (χ4v) is 4.53. The number of anilines is 1. The number of hydrogen-bond acceptors (Lipinski definition) is 6. The lowest BCUT2D eigenvalue weighted by atomic mass is 9.86. The van der Waals surface area contributed by atoms with Crippen LogP contribution >= 0.6 is 11.3 Å². The Morgan fingerprint density at radius 3 is 2.58 bits per heavy atom. The smallest absolute Gasteiger partial charge is 0.341 e. The van der Waals surface area contributed by atoms with Crippen LogP contribution in [0.5, 0.6) is 0 Å². The van der Waals surface area contributed by atoms with Gasteiger partial charge in [0.2, 0.25) is 0 Å². The molecule has 1 N–H and O–H groups in total. The average Bonchev–Trinajstić information content (AvgIpc) is 2.91. The largest absolute Gasteiger partial charge is 0.462 e. The second-order valence-corrected chi connectivity index (χ2v) is 7.94. The van der Waals surface area contributed by atoms with Gasteiger partial charge in [-0.2, -0.15) is 0 Å². The molecule has 0 bridgehead atoms. The number of esters is 2. The molecule has 1 saturated carbocycles. The highest BCUT2D eigenvalue weighted by molar-refractivity contribution is 7.17. The third-order valence-electron chi connectivity index (χ3n) is 4.99. The maximum atomic E-state index is 12.5. The molecule has 2 aliphatic carbocycles. The Morgan fingerprint density at radius 2 is 1.92 bits per heavy atom. The van der Waals surface area contributed by atoms with Crippen molar-refractivity contribution in [3.63, 3.8) is 0 Å². The maximum Gasteiger partial charge on any atom is 0.341 e. The van der Waals surface area contributed by atoms with Gasteiger partial charge < -0.3 is 14.8 Å². The first-order valence-electron chi connectivity index (χ1n) is 9.34. The van der Waals surface area contributed by atoms with Gasteiger partial charge in [-0.05, 0) is 57.9 Å². The highest BCUT2D eigenvalue weighted by Gasteiger charge is 2.31. The summed E-state index contributed by atoms with van der Waals surface area (Å²) >= 11 is 1.43. The summed E-state index contributed by atoms with van der Waals surface area (Å²) in [7, 11) is 0. The number of fused-ring (bicyclic) bond motifs is 1. The summed E-state index contributed by atoms with van der Waals surface area (Å²) in [4.78, 5) is 38.0. The van der Waals surface area contributed by atoms with Gasteiger partial charge in [0.05, 0.1) is 18.1 Å². The van der Waals surface area contributed by atoms with Gasteiger partial charge in [0, 0.05) is 4.88 Å². The number of amides is 1. The average molecular weight is 379 g/mol. The summed E-state index contributed by atoms with van der Waals surface area (Å²) in [6.07, 6.45) is 5.64. The molecule has 0 aromatic carbocycles. The molecule has 0 radical (unpaired) electrons. The molecule has 142 valence electrons. The standard InChI is InChI=1S/C19H25NO5S/c1-3-24-19(23)15-13-9-4-5-10-14(13)26-17(15)20-16(21)11(2)25-18(22)12-7-6-8-12/h11-12H,3-10H2,1-2H3,(H,20,21). The van der Waals surface area contributed by atoms with Crippen molar-refractivity contribution in [1.29, 1.82) is 0 Å². The van der Waals surface area contributed by atoms with E-state index in [1.165, 1.54) is 11.3 Å². The lowest BCUT2D eigenvalue weighted by molar-refractivity contribution is -0.159. The summed E-state index contributed by atoms with van der Waals surface area (Å²) in [6, 6.07) is 0. The van der Waals surface area contributed by atoms with Gasteiger partial charge in [0.25, 0.3) is 5.91 Å². The first kappa shape index (κ1) is 18.9. The van der Waals surface area contributed by atoms with Crippen LogP contribution < -0.4 is 5.32 Å². The Bertz CT molecular complexity index is 707. The van der Waals surface area contributed by atoms with E-state index in [2.05, 4.69) is 5.32 Å². The predicted molar refractivity (Wildman–Crippen MR) is 98.4 cm³/mol. The molecule has 1 fully saturated rings. The van der Waals surface area contributed by atoms with E-state index in [9.17, 15) is 14.4 Å². The Labute approximate surface area is 157 Å². The SMILES string of the molecule is CCOC(=O)c1c(NC(=O)C(C)OC(=O)C2CCC2)sc2c1CCCC2. The first-order chi connectivity index (χ1) is 12.5. The maximum absolute atomic E-state index is 12.5. The molecule has 7 heteroatoms. The molecular weight excluding hydrogens is 354 g/mol. The third kappa shape index (κ3) is 3.92. The minimum Gasteiger partial charge on any atom is -0.462 e. The second-order valence-electron chi connectivity index (χ2n) is 6.83. The van der Waals surface area contributed by atoms with Crippen LogP contribution in [0, 0.1) is 5.92 Å². The zero-order chi connectivity index (χ0) is 18.7. The normalized spacial score (nSPS) is 17.6.